The fourth-order valence-corrected chi connectivity index (χ4v) is 3.15. The van der Waals surface area contributed by atoms with Crippen LogP contribution in [-0.2, 0) is 19.6 Å². The summed E-state index contributed by atoms with van der Waals surface area (Å²) in [7, 11) is 0. The maximum absolute atomic E-state index is 5.43. The molecule has 0 aliphatic carbocycles. The van der Waals surface area contributed by atoms with E-state index in [4.69, 9.17) is 6.42 Å². The summed E-state index contributed by atoms with van der Waals surface area (Å²) in [5.41, 5.74) is 3.49. The van der Waals surface area contributed by atoms with Crippen molar-refractivity contribution in [3.63, 3.8) is 0 Å². The first-order valence-electron chi connectivity index (χ1n) is 7.54. The van der Waals surface area contributed by atoms with Crippen LogP contribution in [0.15, 0.2) is 66.2 Å². The molecule has 1 heterocycles. The Morgan fingerprint density at radius 3 is 2.22 bits per heavy atom. The summed E-state index contributed by atoms with van der Waals surface area (Å²) < 4.78 is 0. The summed E-state index contributed by atoms with van der Waals surface area (Å²) in [6.07, 6.45) is 7.29. The molecule has 0 N–H and O–H groups in total. The van der Waals surface area contributed by atoms with Crippen molar-refractivity contribution in [1.29, 1.82) is 0 Å². The highest BCUT2D eigenvalue weighted by atomic mass is 32.1. The van der Waals surface area contributed by atoms with E-state index in [0.717, 1.165) is 30.2 Å². The highest BCUT2D eigenvalue weighted by molar-refractivity contribution is 7.09. The van der Waals surface area contributed by atoms with Crippen LogP contribution in [0, 0.1) is 12.3 Å². The topological polar surface area (TPSA) is 16.1 Å². The lowest BCUT2D eigenvalue weighted by Crippen LogP contribution is -2.22. The van der Waals surface area contributed by atoms with Crippen molar-refractivity contribution < 1.29 is 0 Å². The van der Waals surface area contributed by atoms with E-state index < -0.39 is 0 Å². The highest BCUT2D eigenvalue weighted by Crippen LogP contribution is 2.16. The zero-order valence-electron chi connectivity index (χ0n) is 12.9. The molecule has 114 valence electrons. The first-order chi connectivity index (χ1) is 11.3. The van der Waals surface area contributed by atoms with E-state index in [2.05, 4.69) is 52.2 Å². The molecule has 1 aromatic heterocycles. The molecular formula is C20H18N2S. The van der Waals surface area contributed by atoms with Gasteiger partial charge in [-0.15, -0.1) is 17.8 Å². The van der Waals surface area contributed by atoms with Crippen molar-refractivity contribution in [1.82, 2.24) is 9.88 Å². The van der Waals surface area contributed by atoms with Gasteiger partial charge in [0, 0.05) is 30.2 Å². The second-order valence-electron chi connectivity index (χ2n) is 5.40. The largest absolute Gasteiger partial charge is 0.288 e. The van der Waals surface area contributed by atoms with Crippen molar-refractivity contribution in [2.24, 2.45) is 0 Å². The standard InChI is InChI=1S/C20H18N2S/c1-2-17-8-10-19(11-9-17)15-22(16-20-21-12-13-23-20)14-18-6-4-3-5-7-18/h1,3-13H,14-16H2. The van der Waals surface area contributed by atoms with Crippen LogP contribution in [0.4, 0.5) is 0 Å². The van der Waals surface area contributed by atoms with E-state index in [0.29, 0.717) is 0 Å². The summed E-state index contributed by atoms with van der Waals surface area (Å²) in [4.78, 5) is 6.82. The molecule has 2 aromatic carbocycles. The van der Waals surface area contributed by atoms with E-state index in [1.807, 2.05) is 29.8 Å². The second kappa shape index (κ2) is 7.73. The Bertz CT molecular complexity index is 756. The Kier molecular flexibility index (Phi) is 5.21. The maximum atomic E-state index is 5.43. The lowest BCUT2D eigenvalue weighted by atomic mass is 10.1. The fourth-order valence-electron chi connectivity index (χ4n) is 2.50. The number of thiazole rings is 1. The van der Waals surface area contributed by atoms with E-state index >= 15 is 0 Å². The minimum atomic E-state index is 0.851. The maximum Gasteiger partial charge on any atom is 0.107 e. The molecule has 0 atom stereocenters. The van der Waals surface area contributed by atoms with Crippen molar-refractivity contribution >= 4 is 11.3 Å². The Morgan fingerprint density at radius 1 is 0.913 bits per heavy atom. The summed E-state index contributed by atoms with van der Waals surface area (Å²) in [5.74, 6) is 2.66. The number of terminal acetylenes is 1. The molecule has 0 bridgehead atoms. The number of benzene rings is 2. The fraction of sp³-hybridized carbons (Fsp3) is 0.150. The Labute approximate surface area is 141 Å². The third-order valence-corrected chi connectivity index (χ3v) is 4.38. The molecule has 23 heavy (non-hydrogen) atoms. The third kappa shape index (κ3) is 4.53. The van der Waals surface area contributed by atoms with Gasteiger partial charge in [0.2, 0.25) is 0 Å². The lowest BCUT2D eigenvalue weighted by molar-refractivity contribution is 0.247. The smallest absolute Gasteiger partial charge is 0.107 e. The van der Waals surface area contributed by atoms with E-state index in [1.54, 1.807) is 11.3 Å². The average molecular weight is 318 g/mol. The van der Waals surface area contributed by atoms with E-state index in [9.17, 15) is 0 Å². The second-order valence-corrected chi connectivity index (χ2v) is 6.38. The van der Waals surface area contributed by atoms with Gasteiger partial charge < -0.3 is 0 Å². The van der Waals surface area contributed by atoms with Crippen LogP contribution in [0.2, 0.25) is 0 Å². The lowest BCUT2D eigenvalue weighted by Gasteiger charge is -2.21. The molecule has 2 nitrogen and oxygen atoms in total. The van der Waals surface area contributed by atoms with Gasteiger partial charge in [-0.05, 0) is 23.3 Å². The average Bonchev–Trinajstić information content (AvgIpc) is 3.09. The number of nitrogens with zero attached hydrogens (tertiary/aromatic N) is 2. The molecular weight excluding hydrogens is 300 g/mol. The highest BCUT2D eigenvalue weighted by Gasteiger charge is 2.10. The van der Waals surface area contributed by atoms with E-state index in [-0.39, 0.29) is 0 Å². The van der Waals surface area contributed by atoms with E-state index in [1.165, 1.54) is 11.1 Å². The molecule has 0 spiro atoms. The SMILES string of the molecule is C#Cc1ccc(CN(Cc2ccccc2)Cc2nccs2)cc1. The summed E-state index contributed by atoms with van der Waals surface area (Å²) in [6, 6.07) is 18.7. The predicted octanol–water partition coefficient (Wildman–Crippen LogP) is 4.33. The van der Waals surface area contributed by atoms with Crippen LogP contribution in [-0.4, -0.2) is 9.88 Å². The minimum absolute atomic E-state index is 0.851. The monoisotopic (exact) mass is 318 g/mol. The summed E-state index contributed by atoms with van der Waals surface area (Å²) in [5, 5.41) is 3.17. The Morgan fingerprint density at radius 2 is 1.61 bits per heavy atom. The van der Waals surface area contributed by atoms with Gasteiger partial charge in [0.15, 0.2) is 0 Å². The molecule has 0 fully saturated rings. The molecule has 0 radical (unpaired) electrons. The number of rotatable bonds is 6. The molecule has 0 unspecified atom stereocenters. The molecule has 0 saturated carbocycles. The quantitative estimate of drug-likeness (QED) is 0.629. The van der Waals surface area contributed by atoms with Crippen LogP contribution in [0.5, 0.6) is 0 Å². The minimum Gasteiger partial charge on any atom is -0.288 e. The Hall–Kier alpha value is -2.41. The van der Waals surface area contributed by atoms with Crippen molar-refractivity contribution in [3.8, 4) is 12.3 Å². The molecule has 3 aromatic rings. The molecule has 3 rings (SSSR count). The van der Waals surface area contributed by atoms with Gasteiger partial charge in [-0.25, -0.2) is 4.98 Å². The van der Waals surface area contributed by atoms with Gasteiger partial charge in [-0.3, -0.25) is 4.90 Å². The summed E-state index contributed by atoms with van der Waals surface area (Å²) in [6.45, 7) is 2.63. The zero-order chi connectivity index (χ0) is 15.9. The van der Waals surface area contributed by atoms with Crippen LogP contribution in [0.1, 0.15) is 21.7 Å². The van der Waals surface area contributed by atoms with Crippen LogP contribution in [0.25, 0.3) is 0 Å². The van der Waals surface area contributed by atoms with Crippen LogP contribution < -0.4 is 0 Å². The van der Waals surface area contributed by atoms with Crippen molar-refractivity contribution in [3.05, 3.63) is 87.9 Å². The van der Waals surface area contributed by atoms with Crippen LogP contribution in [0.3, 0.4) is 0 Å². The summed E-state index contributed by atoms with van der Waals surface area (Å²) >= 11 is 1.70. The normalized spacial score (nSPS) is 10.6. The Balaban J connectivity index is 1.75. The number of aromatic nitrogens is 1. The van der Waals surface area contributed by atoms with Gasteiger partial charge in [-0.1, -0.05) is 48.4 Å². The zero-order valence-corrected chi connectivity index (χ0v) is 13.7. The van der Waals surface area contributed by atoms with Crippen LogP contribution >= 0.6 is 11.3 Å². The predicted molar refractivity (Wildman–Crippen MR) is 95.9 cm³/mol. The van der Waals surface area contributed by atoms with Gasteiger partial charge in [0.1, 0.15) is 5.01 Å². The van der Waals surface area contributed by atoms with Crippen molar-refractivity contribution in [2.45, 2.75) is 19.6 Å². The van der Waals surface area contributed by atoms with Gasteiger partial charge in [0.05, 0.1) is 6.54 Å². The van der Waals surface area contributed by atoms with Gasteiger partial charge >= 0.3 is 0 Å². The van der Waals surface area contributed by atoms with Gasteiger partial charge in [0.25, 0.3) is 0 Å². The van der Waals surface area contributed by atoms with Gasteiger partial charge in [-0.2, -0.15) is 0 Å². The molecule has 0 aliphatic heterocycles. The molecule has 3 heteroatoms. The molecule has 0 amide bonds. The third-order valence-electron chi connectivity index (χ3n) is 3.62. The first-order valence-corrected chi connectivity index (χ1v) is 8.41. The number of hydrogen-bond donors (Lipinski definition) is 0. The van der Waals surface area contributed by atoms with Crippen molar-refractivity contribution in [2.75, 3.05) is 0 Å². The molecule has 0 saturated heterocycles. The molecule has 0 aliphatic rings. The number of hydrogen-bond acceptors (Lipinski definition) is 3. The first kappa shape index (κ1) is 15.5.